The Bertz CT molecular complexity index is 842. The van der Waals surface area contributed by atoms with Crippen LogP contribution in [0.4, 0.5) is 0 Å². The predicted molar refractivity (Wildman–Crippen MR) is 101 cm³/mol. The van der Waals surface area contributed by atoms with E-state index in [1.54, 1.807) is 41.3 Å². The summed E-state index contributed by atoms with van der Waals surface area (Å²) in [4.78, 5) is 14.2. The van der Waals surface area contributed by atoms with E-state index in [1.807, 2.05) is 6.07 Å². The molecule has 0 unspecified atom stereocenters. The fourth-order valence-electron chi connectivity index (χ4n) is 3.59. The van der Waals surface area contributed by atoms with E-state index in [0.29, 0.717) is 46.8 Å². The Kier molecular flexibility index (Phi) is 4.78. The van der Waals surface area contributed by atoms with Crippen LogP contribution < -0.4 is 4.74 Å². The average Bonchev–Trinajstić information content (AvgIpc) is 3.12. The molecule has 0 spiro atoms. The first-order chi connectivity index (χ1) is 12.5. The van der Waals surface area contributed by atoms with Gasteiger partial charge in [-0.1, -0.05) is 40.9 Å². The first-order valence-electron chi connectivity index (χ1n) is 8.30. The zero-order chi connectivity index (χ0) is 18.3. The quantitative estimate of drug-likeness (QED) is 0.717. The van der Waals surface area contributed by atoms with E-state index >= 15 is 0 Å². The summed E-state index contributed by atoms with van der Waals surface area (Å²) in [6.07, 6.45) is 0.746. The van der Waals surface area contributed by atoms with Gasteiger partial charge in [0.05, 0.1) is 11.6 Å². The molecule has 2 fully saturated rings. The van der Waals surface area contributed by atoms with Gasteiger partial charge in [0.15, 0.2) is 5.72 Å². The van der Waals surface area contributed by atoms with Gasteiger partial charge in [-0.3, -0.25) is 4.79 Å². The van der Waals surface area contributed by atoms with Crippen LogP contribution in [-0.2, 0) is 15.3 Å². The molecule has 4 nitrogen and oxygen atoms in total. The maximum absolute atomic E-state index is 12.4. The van der Waals surface area contributed by atoms with Gasteiger partial charge >= 0.3 is 0 Å². The van der Waals surface area contributed by atoms with Crippen LogP contribution in [0, 0.1) is 0 Å². The first-order valence-corrected chi connectivity index (χ1v) is 9.43. The molecule has 2 aliphatic rings. The summed E-state index contributed by atoms with van der Waals surface area (Å²) < 4.78 is 12.1. The second-order valence-corrected chi connectivity index (χ2v) is 7.70. The Morgan fingerprint density at radius 2 is 1.85 bits per heavy atom. The van der Waals surface area contributed by atoms with E-state index in [0.717, 1.165) is 5.56 Å². The van der Waals surface area contributed by atoms with E-state index in [-0.39, 0.29) is 12.0 Å². The van der Waals surface area contributed by atoms with Crippen molar-refractivity contribution in [3.8, 4) is 5.75 Å². The van der Waals surface area contributed by atoms with E-state index in [2.05, 4.69) is 0 Å². The van der Waals surface area contributed by atoms with Crippen LogP contribution in [0.5, 0.6) is 5.75 Å². The third-order valence-corrected chi connectivity index (χ3v) is 5.56. The predicted octanol–water partition coefficient (Wildman–Crippen LogP) is 4.90. The van der Waals surface area contributed by atoms with Gasteiger partial charge in [0, 0.05) is 28.5 Å². The van der Waals surface area contributed by atoms with Crippen LogP contribution in [0.3, 0.4) is 0 Å². The number of hydrogen-bond donors (Lipinski definition) is 0. The van der Waals surface area contributed by atoms with Gasteiger partial charge in [0.25, 0.3) is 0 Å². The highest BCUT2D eigenvalue weighted by molar-refractivity contribution is 6.35. The number of nitrogens with zero attached hydrogens (tertiary/aromatic N) is 1. The monoisotopic (exact) mass is 411 g/mol. The summed E-state index contributed by atoms with van der Waals surface area (Å²) in [5.74, 6) is 0.764. The Morgan fingerprint density at radius 3 is 2.58 bits per heavy atom. The Morgan fingerprint density at radius 1 is 1.12 bits per heavy atom. The number of hydrogen-bond acceptors (Lipinski definition) is 3. The molecule has 2 saturated heterocycles. The van der Waals surface area contributed by atoms with Gasteiger partial charge in [-0.2, -0.15) is 0 Å². The van der Waals surface area contributed by atoms with Crippen molar-refractivity contribution in [2.45, 2.75) is 24.7 Å². The molecular formula is C19H16Cl3NO3. The zero-order valence-electron chi connectivity index (χ0n) is 13.8. The minimum absolute atomic E-state index is 0.0602. The second-order valence-electron chi connectivity index (χ2n) is 6.42. The number of amides is 1. The van der Waals surface area contributed by atoms with Crippen molar-refractivity contribution in [1.29, 1.82) is 0 Å². The molecule has 0 radical (unpaired) electrons. The highest BCUT2D eigenvalue weighted by Gasteiger charge is 2.55. The third kappa shape index (κ3) is 3.16. The molecule has 2 aromatic rings. The summed E-state index contributed by atoms with van der Waals surface area (Å²) in [6.45, 7) is 0.795. The standard InChI is InChI=1S/C19H16Cl3NO3/c20-12-1-4-14(5-2-12)25-11-15-10-23-18(24)7-8-19(23,26-15)16-6-3-13(21)9-17(16)22/h1-6,9,15H,7-8,10-11H2/t15-,19+/m0/s1. The molecule has 7 heteroatoms. The van der Waals surface area contributed by atoms with Crippen molar-refractivity contribution in [2.75, 3.05) is 13.2 Å². The minimum Gasteiger partial charge on any atom is -0.491 e. The molecule has 0 aromatic heterocycles. The number of fused-ring (bicyclic) bond motifs is 1. The molecule has 0 N–H and O–H groups in total. The number of rotatable bonds is 4. The Hall–Kier alpha value is -1.46. The molecule has 0 bridgehead atoms. The highest BCUT2D eigenvalue weighted by Crippen LogP contribution is 2.48. The highest BCUT2D eigenvalue weighted by atomic mass is 35.5. The molecule has 2 heterocycles. The number of carbonyl (C=O) groups excluding carboxylic acids is 1. The lowest BCUT2D eigenvalue weighted by atomic mass is 10.0. The maximum atomic E-state index is 12.4. The van der Waals surface area contributed by atoms with Crippen molar-refractivity contribution in [3.05, 3.63) is 63.1 Å². The van der Waals surface area contributed by atoms with Crippen LogP contribution >= 0.6 is 34.8 Å². The molecule has 2 aromatic carbocycles. The largest absolute Gasteiger partial charge is 0.491 e. The number of halogens is 3. The van der Waals surface area contributed by atoms with Gasteiger partial charge in [-0.25, -0.2) is 0 Å². The van der Waals surface area contributed by atoms with Crippen molar-refractivity contribution in [1.82, 2.24) is 4.90 Å². The minimum atomic E-state index is -0.840. The van der Waals surface area contributed by atoms with Gasteiger partial charge < -0.3 is 14.4 Å². The fraction of sp³-hybridized carbons (Fsp3) is 0.316. The molecule has 2 atom stereocenters. The number of benzene rings is 2. The second kappa shape index (κ2) is 6.93. The molecule has 4 rings (SSSR count). The summed E-state index contributed by atoms with van der Waals surface area (Å²) in [7, 11) is 0. The average molecular weight is 413 g/mol. The fourth-order valence-corrected chi connectivity index (χ4v) is 4.27. The van der Waals surface area contributed by atoms with Crippen LogP contribution in [0.2, 0.25) is 15.1 Å². The lowest BCUT2D eigenvalue weighted by Gasteiger charge is -2.32. The smallest absolute Gasteiger partial charge is 0.225 e. The van der Waals surface area contributed by atoms with Gasteiger partial charge in [0.1, 0.15) is 18.5 Å². The van der Waals surface area contributed by atoms with Crippen LogP contribution in [0.1, 0.15) is 18.4 Å². The van der Waals surface area contributed by atoms with E-state index in [4.69, 9.17) is 44.3 Å². The summed E-state index contributed by atoms with van der Waals surface area (Å²) in [5.41, 5.74) is -0.0735. The van der Waals surface area contributed by atoms with Crippen LogP contribution in [0.25, 0.3) is 0 Å². The van der Waals surface area contributed by atoms with Gasteiger partial charge in [-0.15, -0.1) is 0 Å². The lowest BCUT2D eigenvalue weighted by molar-refractivity contribution is -0.140. The van der Waals surface area contributed by atoms with Crippen molar-refractivity contribution in [2.24, 2.45) is 0 Å². The van der Waals surface area contributed by atoms with Crippen molar-refractivity contribution < 1.29 is 14.3 Å². The lowest BCUT2D eigenvalue weighted by Crippen LogP contribution is -2.39. The number of carbonyl (C=O) groups is 1. The van der Waals surface area contributed by atoms with Gasteiger partial charge in [-0.05, 0) is 36.4 Å². The summed E-state index contributed by atoms with van der Waals surface area (Å²) in [5, 5.41) is 1.69. The molecule has 0 aliphatic carbocycles. The SMILES string of the molecule is O=C1CC[C@]2(c3ccc(Cl)cc3Cl)O[C@H](COc3ccc(Cl)cc3)CN12. The van der Waals surface area contributed by atoms with Crippen LogP contribution in [0.15, 0.2) is 42.5 Å². The van der Waals surface area contributed by atoms with Gasteiger partial charge in [0.2, 0.25) is 5.91 Å². The third-order valence-electron chi connectivity index (χ3n) is 4.76. The molecule has 2 aliphatic heterocycles. The molecule has 1 amide bonds. The first kappa shape index (κ1) is 17.9. The van der Waals surface area contributed by atoms with Crippen LogP contribution in [-0.4, -0.2) is 30.1 Å². The Balaban J connectivity index is 1.55. The molecule has 0 saturated carbocycles. The van der Waals surface area contributed by atoms with E-state index in [9.17, 15) is 4.79 Å². The number of ether oxygens (including phenoxy) is 2. The Labute approximate surface area is 166 Å². The molecule has 26 heavy (non-hydrogen) atoms. The van der Waals surface area contributed by atoms with Crippen molar-refractivity contribution in [3.63, 3.8) is 0 Å². The molecule has 136 valence electrons. The topological polar surface area (TPSA) is 38.8 Å². The van der Waals surface area contributed by atoms with Crippen molar-refractivity contribution >= 4 is 40.7 Å². The zero-order valence-corrected chi connectivity index (χ0v) is 16.0. The summed E-state index contributed by atoms with van der Waals surface area (Å²) >= 11 is 18.3. The van der Waals surface area contributed by atoms with E-state index in [1.165, 1.54) is 0 Å². The maximum Gasteiger partial charge on any atom is 0.225 e. The normalized spacial score (nSPS) is 24.8. The van der Waals surface area contributed by atoms with E-state index < -0.39 is 5.72 Å². The molecular weight excluding hydrogens is 397 g/mol. The summed E-state index contributed by atoms with van der Waals surface area (Å²) in [6, 6.07) is 12.4.